The fourth-order valence-electron chi connectivity index (χ4n) is 1.34. The smallest absolute Gasteiger partial charge is 0.220 e. The number of nitrogens with two attached hydrogens (primary N) is 1. The fourth-order valence-corrected chi connectivity index (χ4v) is 1.34. The molecule has 1 rings (SSSR count). The molecule has 0 aromatic carbocycles. The van der Waals surface area contributed by atoms with Gasteiger partial charge in [-0.05, 0) is 31.2 Å². The molecule has 2 unspecified atom stereocenters. The Morgan fingerprint density at radius 2 is 2.29 bits per heavy atom. The van der Waals surface area contributed by atoms with Crippen LogP contribution < -0.4 is 11.1 Å². The Bertz CT molecular complexity index is 193. The van der Waals surface area contributed by atoms with Crippen LogP contribution in [0.15, 0.2) is 0 Å². The highest BCUT2D eigenvalue weighted by atomic mass is 16.3. The summed E-state index contributed by atoms with van der Waals surface area (Å²) >= 11 is 0. The van der Waals surface area contributed by atoms with Crippen LogP contribution in [0, 0.1) is 11.8 Å². The van der Waals surface area contributed by atoms with Crippen LogP contribution >= 0.6 is 0 Å². The van der Waals surface area contributed by atoms with Gasteiger partial charge in [-0.15, -0.1) is 0 Å². The number of hydrogen-bond acceptors (Lipinski definition) is 3. The number of nitrogens with one attached hydrogen (secondary N) is 1. The molecule has 4 heteroatoms. The Hall–Kier alpha value is -0.610. The van der Waals surface area contributed by atoms with Crippen LogP contribution in [0.4, 0.5) is 0 Å². The number of aliphatic hydroxyl groups is 1. The molecule has 14 heavy (non-hydrogen) atoms. The summed E-state index contributed by atoms with van der Waals surface area (Å²) in [5.41, 5.74) is 5.41. The molecule has 0 heterocycles. The van der Waals surface area contributed by atoms with Gasteiger partial charge in [0.1, 0.15) is 0 Å². The third-order valence-electron chi connectivity index (χ3n) is 2.61. The lowest BCUT2D eigenvalue weighted by Crippen LogP contribution is -2.34. The Balaban J connectivity index is 2.07. The van der Waals surface area contributed by atoms with Crippen molar-refractivity contribution < 1.29 is 9.90 Å². The summed E-state index contributed by atoms with van der Waals surface area (Å²) in [6.45, 7) is 2.86. The summed E-state index contributed by atoms with van der Waals surface area (Å²) < 4.78 is 0. The first-order valence-corrected chi connectivity index (χ1v) is 5.28. The highest BCUT2D eigenvalue weighted by Gasteiger charge is 2.29. The van der Waals surface area contributed by atoms with Gasteiger partial charge in [-0.25, -0.2) is 0 Å². The van der Waals surface area contributed by atoms with E-state index in [1.807, 2.05) is 6.92 Å². The molecule has 1 aliphatic carbocycles. The third kappa shape index (κ3) is 4.07. The summed E-state index contributed by atoms with van der Waals surface area (Å²) in [6, 6.07) is 0. The molecular formula is C10H20N2O2. The Kier molecular flexibility index (Phi) is 4.35. The van der Waals surface area contributed by atoms with Crippen LogP contribution in [0.1, 0.15) is 26.2 Å². The van der Waals surface area contributed by atoms with E-state index in [2.05, 4.69) is 5.32 Å². The quantitative estimate of drug-likeness (QED) is 0.558. The van der Waals surface area contributed by atoms with Gasteiger partial charge < -0.3 is 16.2 Å². The molecule has 82 valence electrons. The monoisotopic (exact) mass is 200 g/mol. The summed E-state index contributed by atoms with van der Waals surface area (Å²) in [7, 11) is 0. The van der Waals surface area contributed by atoms with Crippen molar-refractivity contribution in [2.24, 2.45) is 17.6 Å². The lowest BCUT2D eigenvalue weighted by atomic mass is 10.1. The van der Waals surface area contributed by atoms with E-state index in [1.54, 1.807) is 0 Å². The molecule has 0 spiro atoms. The van der Waals surface area contributed by atoms with Gasteiger partial charge in [0.25, 0.3) is 0 Å². The maximum absolute atomic E-state index is 11.3. The number of amides is 1. The topological polar surface area (TPSA) is 75.4 Å². The molecule has 1 amide bonds. The molecule has 1 saturated carbocycles. The van der Waals surface area contributed by atoms with E-state index in [-0.39, 0.29) is 17.9 Å². The SMILES string of the molecule is CC(CN)CC(=O)NCC(O)C1CC1. The lowest BCUT2D eigenvalue weighted by molar-refractivity contribution is -0.122. The molecule has 4 N–H and O–H groups in total. The molecule has 1 aliphatic rings. The van der Waals surface area contributed by atoms with Gasteiger partial charge in [0.2, 0.25) is 5.91 Å². The standard InChI is InChI=1S/C10H20N2O2/c1-7(5-11)4-10(14)12-6-9(13)8-2-3-8/h7-9,13H,2-6,11H2,1H3,(H,12,14). The third-order valence-corrected chi connectivity index (χ3v) is 2.61. The van der Waals surface area contributed by atoms with Crippen molar-refractivity contribution in [2.45, 2.75) is 32.3 Å². The van der Waals surface area contributed by atoms with Gasteiger partial charge >= 0.3 is 0 Å². The highest BCUT2D eigenvalue weighted by Crippen LogP contribution is 2.32. The summed E-state index contributed by atoms with van der Waals surface area (Å²) in [5, 5.41) is 12.2. The predicted octanol–water partition coefficient (Wildman–Crippen LogP) is -0.142. The van der Waals surface area contributed by atoms with Gasteiger partial charge in [-0.1, -0.05) is 6.92 Å². The van der Waals surface area contributed by atoms with E-state index in [0.29, 0.717) is 25.4 Å². The van der Waals surface area contributed by atoms with Crippen LogP contribution in [0.5, 0.6) is 0 Å². The molecule has 2 atom stereocenters. The number of carbonyl (C=O) groups excluding carboxylic acids is 1. The van der Waals surface area contributed by atoms with E-state index in [1.165, 1.54) is 0 Å². The zero-order chi connectivity index (χ0) is 10.6. The summed E-state index contributed by atoms with van der Waals surface area (Å²) in [5.74, 6) is 0.623. The normalized spacial score (nSPS) is 20.2. The highest BCUT2D eigenvalue weighted by molar-refractivity contribution is 5.76. The average Bonchev–Trinajstić information content (AvgIpc) is 2.97. The van der Waals surface area contributed by atoms with Crippen molar-refractivity contribution in [2.75, 3.05) is 13.1 Å². The molecule has 0 radical (unpaired) electrons. The Morgan fingerprint density at radius 3 is 2.79 bits per heavy atom. The Morgan fingerprint density at radius 1 is 1.64 bits per heavy atom. The van der Waals surface area contributed by atoms with E-state index in [9.17, 15) is 9.90 Å². The first-order valence-electron chi connectivity index (χ1n) is 5.28. The molecule has 0 aromatic heterocycles. The van der Waals surface area contributed by atoms with Crippen molar-refractivity contribution >= 4 is 5.91 Å². The van der Waals surface area contributed by atoms with Gasteiger partial charge in [-0.2, -0.15) is 0 Å². The number of aliphatic hydroxyl groups excluding tert-OH is 1. The first-order chi connectivity index (χ1) is 6.63. The molecule has 0 aliphatic heterocycles. The van der Waals surface area contributed by atoms with Crippen LogP contribution in [0.2, 0.25) is 0 Å². The second kappa shape index (κ2) is 5.32. The maximum atomic E-state index is 11.3. The summed E-state index contributed by atoms with van der Waals surface area (Å²) in [4.78, 5) is 11.3. The van der Waals surface area contributed by atoms with Gasteiger partial charge in [0.05, 0.1) is 6.10 Å². The van der Waals surface area contributed by atoms with Crippen molar-refractivity contribution in [1.29, 1.82) is 0 Å². The van der Waals surface area contributed by atoms with E-state index in [0.717, 1.165) is 12.8 Å². The molecule has 0 bridgehead atoms. The number of rotatable bonds is 6. The van der Waals surface area contributed by atoms with E-state index >= 15 is 0 Å². The minimum Gasteiger partial charge on any atom is -0.391 e. The zero-order valence-corrected chi connectivity index (χ0v) is 8.70. The van der Waals surface area contributed by atoms with Crippen molar-refractivity contribution in [1.82, 2.24) is 5.32 Å². The van der Waals surface area contributed by atoms with E-state index in [4.69, 9.17) is 5.73 Å². The lowest BCUT2D eigenvalue weighted by Gasteiger charge is -2.12. The Labute approximate surface area is 84.9 Å². The molecule has 4 nitrogen and oxygen atoms in total. The van der Waals surface area contributed by atoms with Crippen LogP contribution in [0.25, 0.3) is 0 Å². The van der Waals surface area contributed by atoms with E-state index < -0.39 is 0 Å². The van der Waals surface area contributed by atoms with Crippen molar-refractivity contribution in [3.63, 3.8) is 0 Å². The van der Waals surface area contributed by atoms with Crippen LogP contribution in [-0.4, -0.2) is 30.2 Å². The molecule has 1 fully saturated rings. The van der Waals surface area contributed by atoms with Crippen molar-refractivity contribution in [3.8, 4) is 0 Å². The van der Waals surface area contributed by atoms with Gasteiger partial charge in [-0.3, -0.25) is 4.79 Å². The second-order valence-electron chi connectivity index (χ2n) is 4.25. The molecular weight excluding hydrogens is 180 g/mol. The minimum absolute atomic E-state index is 0.0114. The molecule has 0 aromatic rings. The van der Waals surface area contributed by atoms with Crippen LogP contribution in [-0.2, 0) is 4.79 Å². The zero-order valence-electron chi connectivity index (χ0n) is 8.70. The first kappa shape index (κ1) is 11.5. The average molecular weight is 200 g/mol. The van der Waals surface area contributed by atoms with Gasteiger partial charge in [0, 0.05) is 13.0 Å². The summed E-state index contributed by atoms with van der Waals surface area (Å²) in [6.07, 6.45) is 2.28. The largest absolute Gasteiger partial charge is 0.391 e. The number of hydrogen-bond donors (Lipinski definition) is 3. The fraction of sp³-hybridized carbons (Fsp3) is 0.900. The molecule has 0 saturated heterocycles. The minimum atomic E-state index is -0.355. The predicted molar refractivity (Wildman–Crippen MR) is 54.6 cm³/mol. The van der Waals surface area contributed by atoms with Crippen molar-refractivity contribution in [3.05, 3.63) is 0 Å². The number of carbonyl (C=O) groups is 1. The van der Waals surface area contributed by atoms with Crippen LogP contribution in [0.3, 0.4) is 0 Å². The second-order valence-corrected chi connectivity index (χ2v) is 4.25. The van der Waals surface area contributed by atoms with Gasteiger partial charge in [0.15, 0.2) is 0 Å². The maximum Gasteiger partial charge on any atom is 0.220 e.